The van der Waals surface area contributed by atoms with Gasteiger partial charge in [-0.15, -0.1) is 0 Å². The quantitative estimate of drug-likeness (QED) is 0.412. The second-order valence-corrected chi connectivity index (χ2v) is 8.20. The van der Waals surface area contributed by atoms with Crippen molar-refractivity contribution in [2.24, 2.45) is 0 Å². The minimum absolute atomic E-state index is 0.0720. The summed E-state index contributed by atoms with van der Waals surface area (Å²) in [6.45, 7) is 4.81. The average Bonchev–Trinajstić information content (AvgIpc) is 2.71. The van der Waals surface area contributed by atoms with Crippen LogP contribution in [0.4, 0.5) is 9.18 Å². The average molecular weight is 463 g/mol. The summed E-state index contributed by atoms with van der Waals surface area (Å²) in [6, 6.07) is 7.58. The Morgan fingerprint density at radius 1 is 1.12 bits per heavy atom. The maximum Gasteiger partial charge on any atom is 0.495 e. The number of hydrogen-bond acceptors (Lipinski definition) is 7. The number of rotatable bonds is 9. The van der Waals surface area contributed by atoms with E-state index in [-0.39, 0.29) is 24.3 Å². The number of aliphatic carboxylic acids is 1. The molecule has 2 rings (SSSR count). The number of alkyl carbamates (subject to hydrolysis) is 1. The third-order valence-corrected chi connectivity index (χ3v) is 4.44. The van der Waals surface area contributed by atoms with Gasteiger partial charge in [0.2, 0.25) is 0 Å². The first-order chi connectivity index (χ1) is 15.4. The number of amides is 1. The normalized spacial score (nSPS) is 12.0. The van der Waals surface area contributed by atoms with Gasteiger partial charge in [-0.2, -0.15) is 0 Å². The second kappa shape index (κ2) is 11.0. The Bertz CT molecular complexity index is 976. The van der Waals surface area contributed by atoms with Gasteiger partial charge in [0.15, 0.2) is 0 Å². The summed E-state index contributed by atoms with van der Waals surface area (Å²) in [5.74, 6) is -1.91. The van der Waals surface area contributed by atoms with Gasteiger partial charge in [-0.25, -0.2) is 14.0 Å². The summed E-state index contributed by atoms with van der Waals surface area (Å²) in [6.07, 6.45) is -1.27. The van der Waals surface area contributed by atoms with Crippen molar-refractivity contribution < 1.29 is 43.3 Å². The lowest BCUT2D eigenvalue weighted by atomic mass is 9.77. The molecule has 0 spiro atoms. The highest BCUT2D eigenvalue weighted by molar-refractivity contribution is 6.59. The molecule has 2 aromatic rings. The van der Waals surface area contributed by atoms with Gasteiger partial charge < -0.3 is 34.7 Å². The summed E-state index contributed by atoms with van der Waals surface area (Å²) < 4.78 is 30.3. The number of nitrogens with one attached hydrogen (secondary N) is 1. The highest BCUT2D eigenvalue weighted by Crippen LogP contribution is 2.23. The molecular formula is C22H27BFNO8. The molecule has 33 heavy (non-hydrogen) atoms. The number of ether oxygens (including phenoxy) is 3. The maximum absolute atomic E-state index is 14.4. The smallest absolute Gasteiger partial charge is 0.495 e. The molecule has 0 saturated heterocycles. The van der Waals surface area contributed by atoms with Crippen molar-refractivity contribution in [3.63, 3.8) is 0 Å². The van der Waals surface area contributed by atoms with E-state index in [1.165, 1.54) is 13.2 Å². The van der Waals surface area contributed by atoms with Crippen LogP contribution in [-0.2, 0) is 22.6 Å². The van der Waals surface area contributed by atoms with Gasteiger partial charge in [0.25, 0.3) is 0 Å². The number of carbonyl (C=O) groups excluding carboxylic acids is 1. The molecule has 0 aliphatic heterocycles. The summed E-state index contributed by atoms with van der Waals surface area (Å²) in [5.41, 5.74) is -0.561. The lowest BCUT2D eigenvalue weighted by Gasteiger charge is -2.23. The predicted molar refractivity (Wildman–Crippen MR) is 118 cm³/mol. The van der Waals surface area contributed by atoms with E-state index in [0.29, 0.717) is 11.3 Å². The predicted octanol–water partition coefficient (Wildman–Crippen LogP) is 1.61. The van der Waals surface area contributed by atoms with E-state index in [9.17, 15) is 29.1 Å². The zero-order chi connectivity index (χ0) is 24.8. The summed E-state index contributed by atoms with van der Waals surface area (Å²) in [4.78, 5) is 23.8. The zero-order valence-electron chi connectivity index (χ0n) is 18.8. The molecule has 0 fully saturated rings. The van der Waals surface area contributed by atoms with E-state index in [1.807, 2.05) is 0 Å². The molecular weight excluding hydrogens is 436 g/mol. The first-order valence-electron chi connectivity index (χ1n) is 10.1. The van der Waals surface area contributed by atoms with E-state index in [1.54, 1.807) is 45.0 Å². The lowest BCUT2D eigenvalue weighted by Crippen LogP contribution is -2.45. The van der Waals surface area contributed by atoms with Crippen molar-refractivity contribution >= 4 is 24.6 Å². The second-order valence-electron chi connectivity index (χ2n) is 8.20. The van der Waals surface area contributed by atoms with Crippen LogP contribution in [0.3, 0.4) is 0 Å². The highest BCUT2D eigenvalue weighted by Gasteiger charge is 2.29. The molecule has 0 heterocycles. The topological polar surface area (TPSA) is 135 Å². The van der Waals surface area contributed by atoms with E-state index < -0.39 is 42.1 Å². The number of halogens is 1. The highest BCUT2D eigenvalue weighted by atomic mass is 19.1. The Hall–Kier alpha value is -3.31. The molecule has 9 nitrogen and oxygen atoms in total. The van der Waals surface area contributed by atoms with E-state index in [4.69, 9.17) is 14.2 Å². The molecule has 0 saturated carbocycles. The fraction of sp³-hybridized carbons (Fsp3) is 0.364. The molecule has 1 amide bonds. The third kappa shape index (κ3) is 7.65. The molecule has 0 aromatic heterocycles. The molecule has 0 radical (unpaired) electrons. The molecule has 0 aliphatic carbocycles. The van der Waals surface area contributed by atoms with Crippen LogP contribution in [-0.4, -0.2) is 53.1 Å². The molecule has 0 unspecified atom stereocenters. The van der Waals surface area contributed by atoms with Crippen LogP contribution in [0.25, 0.3) is 0 Å². The van der Waals surface area contributed by atoms with Crippen LogP contribution in [0.2, 0.25) is 0 Å². The minimum atomic E-state index is -2.21. The van der Waals surface area contributed by atoms with E-state index in [2.05, 4.69) is 5.32 Å². The number of carbonyl (C=O) groups is 2. The fourth-order valence-corrected chi connectivity index (χ4v) is 2.94. The van der Waals surface area contributed by atoms with Gasteiger partial charge in [-0.1, -0.05) is 18.2 Å². The fourth-order valence-electron chi connectivity index (χ4n) is 2.94. The van der Waals surface area contributed by atoms with Crippen molar-refractivity contribution in [1.82, 2.24) is 5.32 Å². The summed E-state index contributed by atoms with van der Waals surface area (Å²) in [5, 5.41) is 31.2. The van der Waals surface area contributed by atoms with Gasteiger partial charge in [0.05, 0.1) is 12.6 Å². The van der Waals surface area contributed by atoms with Crippen molar-refractivity contribution in [2.75, 3.05) is 7.11 Å². The molecule has 0 bridgehead atoms. The van der Waals surface area contributed by atoms with Crippen LogP contribution in [0.1, 0.15) is 31.9 Å². The molecule has 11 heteroatoms. The lowest BCUT2D eigenvalue weighted by molar-refractivity contribution is -0.139. The zero-order valence-corrected chi connectivity index (χ0v) is 18.8. The van der Waals surface area contributed by atoms with Crippen molar-refractivity contribution in [1.29, 1.82) is 0 Å². The molecule has 4 N–H and O–H groups in total. The number of benzene rings is 2. The summed E-state index contributed by atoms with van der Waals surface area (Å²) >= 11 is 0. The first-order valence-corrected chi connectivity index (χ1v) is 10.1. The number of carboxylic acids is 1. The Labute approximate surface area is 191 Å². The Morgan fingerprint density at radius 2 is 1.76 bits per heavy atom. The molecule has 178 valence electrons. The van der Waals surface area contributed by atoms with Crippen molar-refractivity contribution in [2.45, 2.75) is 45.4 Å². The van der Waals surface area contributed by atoms with Crippen LogP contribution in [0, 0.1) is 5.82 Å². The molecule has 2 aromatic carbocycles. The van der Waals surface area contributed by atoms with Crippen LogP contribution < -0.4 is 20.3 Å². The molecule has 0 aliphatic rings. The summed E-state index contributed by atoms with van der Waals surface area (Å²) in [7, 11) is -0.693. The van der Waals surface area contributed by atoms with Crippen molar-refractivity contribution in [3.8, 4) is 11.5 Å². The number of methoxy groups -OCH3 is 1. The SMILES string of the molecule is COc1ccc(COc2c(C[C@H](NC(=O)OC(C)(C)C)C(=O)O)ccc(F)c2B(O)O)cc1. The maximum atomic E-state index is 14.4. The monoisotopic (exact) mass is 463 g/mol. The third-order valence-electron chi connectivity index (χ3n) is 4.44. The molecule has 1 atom stereocenters. The van der Waals surface area contributed by atoms with Gasteiger partial charge in [0, 0.05) is 6.42 Å². The Kier molecular flexibility index (Phi) is 8.66. The van der Waals surface area contributed by atoms with Crippen LogP contribution in [0.15, 0.2) is 36.4 Å². The first kappa shape index (κ1) is 26.0. The van der Waals surface area contributed by atoms with Gasteiger partial charge in [-0.05, 0) is 50.1 Å². The van der Waals surface area contributed by atoms with Gasteiger partial charge in [0.1, 0.15) is 35.6 Å². The van der Waals surface area contributed by atoms with Gasteiger partial charge >= 0.3 is 19.2 Å². The van der Waals surface area contributed by atoms with Crippen molar-refractivity contribution in [3.05, 3.63) is 53.3 Å². The Balaban J connectivity index is 2.32. The van der Waals surface area contributed by atoms with Crippen LogP contribution >= 0.6 is 0 Å². The van der Waals surface area contributed by atoms with E-state index in [0.717, 1.165) is 6.07 Å². The van der Waals surface area contributed by atoms with Gasteiger partial charge in [-0.3, -0.25) is 0 Å². The van der Waals surface area contributed by atoms with E-state index >= 15 is 0 Å². The number of carboxylic acid groups (broad SMARTS) is 1. The van der Waals surface area contributed by atoms with Crippen LogP contribution in [0.5, 0.6) is 11.5 Å². The Morgan fingerprint density at radius 3 is 2.27 bits per heavy atom. The number of hydrogen-bond donors (Lipinski definition) is 4. The largest absolute Gasteiger partial charge is 0.497 e. The standard InChI is InChI=1S/C22H27BFNO8/c1-22(2,3)33-21(28)25-17(20(26)27)11-14-7-10-16(24)18(23(29)30)19(14)32-12-13-5-8-15(31-4)9-6-13/h5-10,17,29-30H,11-12H2,1-4H3,(H,25,28)(H,26,27)/t17-/m0/s1. The minimum Gasteiger partial charge on any atom is -0.497 e.